The largest absolute Gasteiger partial charge is 0.478 e. The monoisotopic (exact) mass is 356 g/mol. The van der Waals surface area contributed by atoms with E-state index in [9.17, 15) is 9.90 Å². The van der Waals surface area contributed by atoms with Gasteiger partial charge in [0.15, 0.2) is 5.82 Å². The average molecular weight is 356 g/mol. The Kier molecular flexibility index (Phi) is 5.57. The van der Waals surface area contributed by atoms with Crippen molar-refractivity contribution in [3.8, 4) is 22.6 Å². The third kappa shape index (κ3) is 4.01. The summed E-state index contributed by atoms with van der Waals surface area (Å²) in [5.41, 5.74) is 4.23. The summed E-state index contributed by atoms with van der Waals surface area (Å²) in [6.07, 6.45) is 6.44. The normalized spacial score (nSPS) is 10.4. The highest BCUT2D eigenvalue weighted by molar-refractivity contribution is 5.95. The Labute approximate surface area is 158 Å². The first-order chi connectivity index (χ1) is 13.1. The lowest BCUT2D eigenvalue weighted by Gasteiger charge is -2.11. The average Bonchev–Trinajstić information content (AvgIpc) is 2.69. The van der Waals surface area contributed by atoms with Gasteiger partial charge < -0.3 is 5.11 Å². The van der Waals surface area contributed by atoms with Gasteiger partial charge in [0.25, 0.3) is 0 Å². The molecule has 0 saturated carbocycles. The Balaban J connectivity index is 2.13. The van der Waals surface area contributed by atoms with Crippen molar-refractivity contribution >= 4 is 5.97 Å². The summed E-state index contributed by atoms with van der Waals surface area (Å²) in [6.45, 7) is 7.52. The molecule has 0 atom stereocenters. The number of nitrogens with zero attached hydrogens (tertiary/aromatic N) is 2. The highest BCUT2D eigenvalue weighted by Gasteiger charge is 2.18. The molecule has 0 aliphatic heterocycles. The minimum absolute atomic E-state index is 0.0820. The van der Waals surface area contributed by atoms with Gasteiger partial charge in [-0.05, 0) is 24.0 Å². The highest BCUT2D eigenvalue weighted by atomic mass is 16.4. The Bertz CT molecular complexity index is 992. The van der Waals surface area contributed by atoms with Gasteiger partial charge in [0.1, 0.15) is 5.56 Å². The lowest BCUT2D eigenvalue weighted by molar-refractivity contribution is 0.0697. The zero-order valence-electron chi connectivity index (χ0n) is 14.9. The molecule has 0 amide bonds. The zero-order valence-corrected chi connectivity index (χ0v) is 14.9. The Morgan fingerprint density at radius 1 is 1.00 bits per heavy atom. The van der Waals surface area contributed by atoms with Crippen molar-refractivity contribution in [2.75, 3.05) is 0 Å². The van der Waals surface area contributed by atoms with E-state index < -0.39 is 5.97 Å². The molecule has 3 rings (SSSR count). The summed E-state index contributed by atoms with van der Waals surface area (Å²) >= 11 is 0. The predicted molar refractivity (Wildman–Crippen MR) is 108 cm³/mol. The molecule has 27 heavy (non-hydrogen) atoms. The number of allylic oxidation sites excluding steroid dienone is 2. The molecule has 0 bridgehead atoms. The minimum atomic E-state index is -1.05. The van der Waals surface area contributed by atoms with Gasteiger partial charge in [-0.2, -0.15) is 0 Å². The second-order valence-corrected chi connectivity index (χ2v) is 6.10. The summed E-state index contributed by atoms with van der Waals surface area (Å²) in [5, 5.41) is 9.60. The van der Waals surface area contributed by atoms with Crippen LogP contribution in [-0.4, -0.2) is 21.0 Å². The van der Waals surface area contributed by atoms with Crippen LogP contribution in [-0.2, 0) is 12.8 Å². The van der Waals surface area contributed by atoms with Crippen LogP contribution in [0.1, 0.15) is 21.5 Å². The Hall–Kier alpha value is -3.53. The van der Waals surface area contributed by atoms with E-state index in [0.717, 1.165) is 28.7 Å². The standard InChI is InChI=1S/C23H20N2O2/c1-3-7-16-11-13-18(14-12-16)22-24-15-20(23(26)27)21(25-22)19-10-6-5-9-17(19)8-4-2/h3-6,9-15H,1-2,7-8H2,(H,26,27). The summed E-state index contributed by atoms with van der Waals surface area (Å²) in [6, 6.07) is 15.5. The quantitative estimate of drug-likeness (QED) is 0.607. The molecule has 1 heterocycles. The molecule has 0 aliphatic rings. The number of rotatable bonds is 7. The molecule has 0 fully saturated rings. The number of carboxylic acids is 1. The molecule has 1 N–H and O–H groups in total. The smallest absolute Gasteiger partial charge is 0.339 e. The lowest BCUT2D eigenvalue weighted by atomic mass is 9.98. The summed E-state index contributed by atoms with van der Waals surface area (Å²) in [7, 11) is 0. The molecule has 3 aromatic rings. The maximum atomic E-state index is 11.7. The summed E-state index contributed by atoms with van der Waals surface area (Å²) in [5.74, 6) is -0.556. The maximum absolute atomic E-state index is 11.7. The summed E-state index contributed by atoms with van der Waals surface area (Å²) in [4.78, 5) is 20.6. The Morgan fingerprint density at radius 2 is 1.70 bits per heavy atom. The molecular formula is C23H20N2O2. The summed E-state index contributed by atoms with van der Waals surface area (Å²) < 4.78 is 0. The van der Waals surface area contributed by atoms with Crippen molar-refractivity contribution in [1.29, 1.82) is 0 Å². The third-order valence-corrected chi connectivity index (χ3v) is 4.25. The van der Waals surface area contributed by atoms with E-state index in [-0.39, 0.29) is 5.56 Å². The van der Waals surface area contributed by atoms with Gasteiger partial charge in [-0.25, -0.2) is 14.8 Å². The molecule has 4 heteroatoms. The van der Waals surface area contributed by atoms with Gasteiger partial charge in [0.05, 0.1) is 5.69 Å². The molecule has 0 saturated heterocycles. The molecule has 0 spiro atoms. The molecule has 134 valence electrons. The van der Waals surface area contributed by atoms with Crippen LogP contribution in [0.2, 0.25) is 0 Å². The van der Waals surface area contributed by atoms with Gasteiger partial charge >= 0.3 is 5.97 Å². The first-order valence-electron chi connectivity index (χ1n) is 8.63. The van der Waals surface area contributed by atoms with Gasteiger partial charge in [-0.15, -0.1) is 13.2 Å². The second-order valence-electron chi connectivity index (χ2n) is 6.10. The number of hydrogen-bond donors (Lipinski definition) is 1. The lowest BCUT2D eigenvalue weighted by Crippen LogP contribution is -2.06. The SMILES string of the molecule is C=CCc1ccc(-c2ncc(C(=O)O)c(-c3ccccc3CC=C)n2)cc1. The van der Waals surface area contributed by atoms with Gasteiger partial charge in [-0.3, -0.25) is 0 Å². The van der Waals surface area contributed by atoms with Crippen molar-refractivity contribution in [1.82, 2.24) is 9.97 Å². The fraction of sp³-hybridized carbons (Fsp3) is 0.0870. The van der Waals surface area contributed by atoms with Crippen LogP contribution in [0.4, 0.5) is 0 Å². The van der Waals surface area contributed by atoms with E-state index in [1.54, 1.807) is 6.08 Å². The van der Waals surface area contributed by atoms with E-state index in [1.165, 1.54) is 6.20 Å². The van der Waals surface area contributed by atoms with Crippen molar-refractivity contribution in [2.24, 2.45) is 0 Å². The van der Waals surface area contributed by atoms with Crippen LogP contribution in [0.15, 0.2) is 80.0 Å². The number of carbonyl (C=O) groups is 1. The fourth-order valence-electron chi connectivity index (χ4n) is 2.92. The number of benzene rings is 2. The van der Waals surface area contributed by atoms with Gasteiger partial charge in [0, 0.05) is 17.3 Å². The predicted octanol–water partition coefficient (Wildman–Crippen LogP) is 4.97. The number of aromatic carboxylic acids is 1. The molecule has 0 aliphatic carbocycles. The second kappa shape index (κ2) is 8.23. The van der Waals surface area contributed by atoms with E-state index in [2.05, 4.69) is 23.1 Å². The van der Waals surface area contributed by atoms with Crippen LogP contribution < -0.4 is 0 Å². The van der Waals surface area contributed by atoms with Gasteiger partial charge in [0.2, 0.25) is 0 Å². The molecule has 2 aromatic carbocycles. The minimum Gasteiger partial charge on any atom is -0.478 e. The highest BCUT2D eigenvalue weighted by Crippen LogP contribution is 2.28. The van der Waals surface area contributed by atoms with Crippen LogP contribution in [0, 0.1) is 0 Å². The number of aromatic nitrogens is 2. The van der Waals surface area contributed by atoms with Crippen LogP contribution in [0.5, 0.6) is 0 Å². The first-order valence-corrected chi connectivity index (χ1v) is 8.63. The third-order valence-electron chi connectivity index (χ3n) is 4.25. The fourth-order valence-corrected chi connectivity index (χ4v) is 2.92. The maximum Gasteiger partial charge on any atom is 0.339 e. The first kappa shape index (κ1) is 18.3. The van der Waals surface area contributed by atoms with E-state index in [1.807, 2.05) is 54.6 Å². The number of hydrogen-bond acceptors (Lipinski definition) is 3. The Morgan fingerprint density at radius 3 is 2.37 bits per heavy atom. The van der Waals surface area contributed by atoms with E-state index >= 15 is 0 Å². The van der Waals surface area contributed by atoms with Crippen molar-refractivity contribution in [3.05, 3.63) is 96.7 Å². The number of carboxylic acid groups (broad SMARTS) is 1. The molecule has 1 aromatic heterocycles. The van der Waals surface area contributed by atoms with Crippen molar-refractivity contribution in [2.45, 2.75) is 12.8 Å². The molecule has 0 unspecified atom stereocenters. The zero-order chi connectivity index (χ0) is 19.2. The molecule has 4 nitrogen and oxygen atoms in total. The molecular weight excluding hydrogens is 336 g/mol. The van der Waals surface area contributed by atoms with E-state index in [4.69, 9.17) is 0 Å². The van der Waals surface area contributed by atoms with E-state index in [0.29, 0.717) is 17.9 Å². The topological polar surface area (TPSA) is 63.1 Å². The van der Waals surface area contributed by atoms with Crippen LogP contribution in [0.3, 0.4) is 0 Å². The van der Waals surface area contributed by atoms with Gasteiger partial charge in [-0.1, -0.05) is 60.7 Å². The van der Waals surface area contributed by atoms with Crippen molar-refractivity contribution in [3.63, 3.8) is 0 Å². The molecule has 0 radical (unpaired) electrons. The van der Waals surface area contributed by atoms with Crippen molar-refractivity contribution < 1.29 is 9.90 Å². The van der Waals surface area contributed by atoms with Crippen LogP contribution in [0.25, 0.3) is 22.6 Å². The van der Waals surface area contributed by atoms with Crippen LogP contribution >= 0.6 is 0 Å².